The summed E-state index contributed by atoms with van der Waals surface area (Å²) in [6.07, 6.45) is 29.9. The van der Waals surface area contributed by atoms with E-state index in [9.17, 15) is 0 Å². The topological polar surface area (TPSA) is 0 Å². The molecule has 0 saturated carbocycles. The Bertz CT molecular complexity index is 651. The van der Waals surface area contributed by atoms with Crippen molar-refractivity contribution in [3.05, 3.63) is 34.4 Å². The molecule has 0 fully saturated rings. The second kappa shape index (κ2) is 27.6. The number of hydrogen-bond donors (Lipinski definition) is 0. The third-order valence-electron chi connectivity index (χ3n) is 8.86. The van der Waals surface area contributed by atoms with Crippen LogP contribution in [0.2, 0.25) is 0 Å². The van der Waals surface area contributed by atoms with E-state index >= 15 is 0 Å². The molecule has 0 unspecified atom stereocenters. The summed E-state index contributed by atoms with van der Waals surface area (Å²) in [5, 5.41) is 0. The summed E-state index contributed by atoms with van der Waals surface area (Å²) < 4.78 is 1.19. The van der Waals surface area contributed by atoms with Crippen molar-refractivity contribution in [1.29, 1.82) is 0 Å². The van der Waals surface area contributed by atoms with E-state index in [4.69, 9.17) is 0 Å². The van der Waals surface area contributed by atoms with Crippen LogP contribution in [0.3, 0.4) is 0 Å². The summed E-state index contributed by atoms with van der Waals surface area (Å²) in [5.41, 5.74) is 6.05. The van der Waals surface area contributed by atoms with E-state index in [0.29, 0.717) is 0 Å². The molecule has 0 heterocycles. The van der Waals surface area contributed by atoms with Gasteiger partial charge in [-0.3, -0.25) is 0 Å². The van der Waals surface area contributed by atoms with Crippen LogP contribution in [-0.2, 0) is 6.42 Å². The first-order chi connectivity index (χ1) is 18.3. The highest BCUT2D eigenvalue weighted by atomic mass is 35.5. The number of nitrogens with zero attached hydrogens (tertiary/aromatic N) is 1. The number of benzene rings is 1. The van der Waals surface area contributed by atoms with Crippen LogP contribution < -0.4 is 12.4 Å². The van der Waals surface area contributed by atoms with Gasteiger partial charge in [-0.25, -0.2) is 0 Å². The minimum Gasteiger partial charge on any atom is -1.00 e. The lowest BCUT2D eigenvalue weighted by Crippen LogP contribution is -3.00. The standard InChI is InChI=1S/C21H36.C16H36N.ClH/c1-5-6-7-8-9-10-11-12-13-14-15-21-19(3)17-16-18(2)20(21)4;1-5-7-8-9-10-11-12-13-14-15-16-17(3,4)6-2;/h16-17H,5-15H2,1-4H3;5-16H2,1-4H3;1H/q;+1;/p-1. The Kier molecular flexibility index (Phi) is 28.8. The largest absolute Gasteiger partial charge is 1.00 e. The first-order valence-electron chi connectivity index (χ1n) is 17.2. The number of hydrogen-bond acceptors (Lipinski definition) is 0. The number of rotatable bonds is 23. The van der Waals surface area contributed by atoms with Gasteiger partial charge in [0.25, 0.3) is 0 Å². The van der Waals surface area contributed by atoms with Crippen molar-refractivity contribution in [2.24, 2.45) is 0 Å². The van der Waals surface area contributed by atoms with Gasteiger partial charge in [0.1, 0.15) is 0 Å². The summed E-state index contributed by atoms with van der Waals surface area (Å²) in [6, 6.07) is 4.54. The summed E-state index contributed by atoms with van der Waals surface area (Å²) in [7, 11) is 4.68. The van der Waals surface area contributed by atoms with E-state index in [1.165, 1.54) is 169 Å². The van der Waals surface area contributed by atoms with E-state index < -0.39 is 0 Å². The molecule has 1 aromatic rings. The van der Waals surface area contributed by atoms with E-state index in [1.54, 1.807) is 5.56 Å². The molecule has 0 saturated heterocycles. The highest BCUT2D eigenvalue weighted by Gasteiger charge is 2.10. The van der Waals surface area contributed by atoms with Crippen LogP contribution in [0.15, 0.2) is 12.1 Å². The molecule has 0 aliphatic carbocycles. The second-order valence-electron chi connectivity index (χ2n) is 12.9. The fourth-order valence-electron chi connectivity index (χ4n) is 5.37. The van der Waals surface area contributed by atoms with Crippen LogP contribution in [-0.4, -0.2) is 31.7 Å². The molecular weight excluding hydrogens is 494 g/mol. The summed E-state index contributed by atoms with van der Waals surface area (Å²) >= 11 is 0. The van der Waals surface area contributed by atoms with E-state index in [0.717, 1.165) is 0 Å². The first kappa shape index (κ1) is 40.6. The Morgan fingerprint density at radius 1 is 0.487 bits per heavy atom. The van der Waals surface area contributed by atoms with Crippen molar-refractivity contribution in [3.63, 3.8) is 0 Å². The molecule has 0 aliphatic heterocycles. The average molecular weight is 566 g/mol. The SMILES string of the molecule is CCCCCCCCCCCC[N+](C)(C)CC.CCCCCCCCCCCCc1c(C)ccc(C)c1C.[Cl-]. The van der Waals surface area contributed by atoms with Crippen LogP contribution in [0.5, 0.6) is 0 Å². The normalized spacial score (nSPS) is 11.2. The van der Waals surface area contributed by atoms with Crippen molar-refractivity contribution in [3.8, 4) is 0 Å². The minimum absolute atomic E-state index is 0. The molecule has 232 valence electrons. The van der Waals surface area contributed by atoms with Crippen LogP contribution in [0.4, 0.5) is 0 Å². The summed E-state index contributed by atoms with van der Waals surface area (Å²) in [4.78, 5) is 0. The Morgan fingerprint density at radius 2 is 0.846 bits per heavy atom. The van der Waals surface area contributed by atoms with Gasteiger partial charge < -0.3 is 16.9 Å². The molecule has 2 heteroatoms. The molecule has 0 radical (unpaired) electrons. The zero-order valence-electron chi connectivity index (χ0n) is 28.2. The van der Waals surface area contributed by atoms with Crippen LogP contribution in [0, 0.1) is 20.8 Å². The van der Waals surface area contributed by atoms with Crippen LogP contribution in [0.25, 0.3) is 0 Å². The van der Waals surface area contributed by atoms with E-state index in [-0.39, 0.29) is 12.4 Å². The molecule has 0 N–H and O–H groups in total. The van der Waals surface area contributed by atoms with Gasteiger partial charge in [-0.1, -0.05) is 135 Å². The predicted octanol–water partition coefficient (Wildman–Crippen LogP) is 9.08. The molecule has 0 amide bonds. The van der Waals surface area contributed by atoms with Crippen LogP contribution >= 0.6 is 0 Å². The van der Waals surface area contributed by atoms with E-state index in [1.807, 2.05) is 0 Å². The number of aryl methyl sites for hydroxylation is 2. The highest BCUT2D eigenvalue weighted by molar-refractivity contribution is 5.39. The van der Waals surface area contributed by atoms with Gasteiger partial charge in [-0.2, -0.15) is 0 Å². The molecule has 1 rings (SSSR count). The Hall–Kier alpha value is -0.530. The quantitative estimate of drug-likeness (QED) is 0.0916. The van der Waals surface area contributed by atoms with Gasteiger partial charge in [0, 0.05) is 0 Å². The van der Waals surface area contributed by atoms with Gasteiger partial charge >= 0.3 is 0 Å². The molecule has 39 heavy (non-hydrogen) atoms. The number of halogens is 1. The number of quaternary nitrogens is 1. The van der Waals surface area contributed by atoms with E-state index in [2.05, 4.69) is 67.8 Å². The predicted molar refractivity (Wildman–Crippen MR) is 176 cm³/mol. The first-order valence-corrected chi connectivity index (χ1v) is 17.2. The van der Waals surface area contributed by atoms with Gasteiger partial charge in [-0.05, 0) is 75.6 Å². The maximum Gasteiger partial charge on any atom is 0.0782 e. The fourth-order valence-corrected chi connectivity index (χ4v) is 5.37. The van der Waals surface area contributed by atoms with Gasteiger partial charge in [-0.15, -0.1) is 0 Å². The molecule has 0 bridgehead atoms. The zero-order chi connectivity index (χ0) is 28.5. The Labute approximate surface area is 254 Å². The lowest BCUT2D eigenvalue weighted by molar-refractivity contribution is -0.888. The summed E-state index contributed by atoms with van der Waals surface area (Å²) in [6.45, 7) is 16.3. The molecule has 1 nitrogen and oxygen atoms in total. The molecule has 1 aromatic carbocycles. The van der Waals surface area contributed by atoms with Gasteiger partial charge in [0.2, 0.25) is 0 Å². The molecule has 0 aromatic heterocycles. The van der Waals surface area contributed by atoms with Crippen molar-refractivity contribution in [2.45, 2.75) is 176 Å². The average Bonchev–Trinajstić information content (AvgIpc) is 2.90. The summed E-state index contributed by atoms with van der Waals surface area (Å²) in [5.74, 6) is 0. The number of unbranched alkanes of at least 4 members (excludes halogenated alkanes) is 18. The second-order valence-corrected chi connectivity index (χ2v) is 12.9. The van der Waals surface area contributed by atoms with Crippen molar-refractivity contribution < 1.29 is 16.9 Å². The van der Waals surface area contributed by atoms with Gasteiger partial charge in [0.15, 0.2) is 0 Å². The molecule has 0 aliphatic rings. The lowest BCUT2D eigenvalue weighted by Gasteiger charge is -2.28. The van der Waals surface area contributed by atoms with Crippen molar-refractivity contribution in [2.75, 3.05) is 27.2 Å². The molecule has 0 spiro atoms. The monoisotopic (exact) mass is 566 g/mol. The molecular formula is C37H72ClN. The maximum absolute atomic E-state index is 2.34. The fraction of sp³-hybridized carbons (Fsp3) is 0.838. The third kappa shape index (κ3) is 23.8. The maximum atomic E-state index is 2.34. The smallest absolute Gasteiger partial charge is 0.0782 e. The van der Waals surface area contributed by atoms with Gasteiger partial charge in [0.05, 0.1) is 27.2 Å². The van der Waals surface area contributed by atoms with Crippen molar-refractivity contribution >= 4 is 0 Å². The van der Waals surface area contributed by atoms with Crippen molar-refractivity contribution in [1.82, 2.24) is 0 Å². The molecule has 0 atom stereocenters. The zero-order valence-corrected chi connectivity index (χ0v) is 29.0. The Balaban J connectivity index is 0. The lowest BCUT2D eigenvalue weighted by atomic mass is 9.94. The third-order valence-corrected chi connectivity index (χ3v) is 8.86. The van der Waals surface area contributed by atoms with Crippen LogP contribution in [0.1, 0.15) is 171 Å². The highest BCUT2D eigenvalue weighted by Crippen LogP contribution is 2.20. The Morgan fingerprint density at radius 3 is 1.26 bits per heavy atom. The minimum atomic E-state index is 0.